The minimum Gasteiger partial charge on any atom is -0.269 e. The standard InChI is InChI=1S/C8H14O3S2Si/c1-11-13(9,10)7-5-6-8(12-7)14(2,3)4/h5-6H,1-4H3. The first-order valence-corrected chi connectivity index (χ1v) is 9.91. The van der Waals surface area contributed by atoms with Gasteiger partial charge in [0.25, 0.3) is 0 Å². The summed E-state index contributed by atoms with van der Waals surface area (Å²) in [6, 6.07) is 3.51. The molecule has 3 nitrogen and oxygen atoms in total. The molecule has 0 spiro atoms. The quantitative estimate of drug-likeness (QED) is 0.605. The lowest BCUT2D eigenvalue weighted by Crippen LogP contribution is -2.34. The maximum atomic E-state index is 11.3. The lowest BCUT2D eigenvalue weighted by molar-refractivity contribution is 0.399. The topological polar surface area (TPSA) is 43.4 Å². The van der Waals surface area contributed by atoms with Crippen molar-refractivity contribution < 1.29 is 12.6 Å². The molecule has 1 rings (SSSR count). The highest BCUT2D eigenvalue weighted by molar-refractivity contribution is 7.89. The first-order valence-electron chi connectivity index (χ1n) is 4.18. The van der Waals surface area contributed by atoms with Crippen LogP contribution in [0.3, 0.4) is 0 Å². The molecule has 0 radical (unpaired) electrons. The molecule has 0 fully saturated rings. The average molecular weight is 250 g/mol. The van der Waals surface area contributed by atoms with Crippen LogP contribution in [0, 0.1) is 0 Å². The van der Waals surface area contributed by atoms with E-state index in [1.165, 1.54) is 22.9 Å². The van der Waals surface area contributed by atoms with E-state index in [9.17, 15) is 8.42 Å². The fourth-order valence-corrected chi connectivity index (χ4v) is 5.07. The van der Waals surface area contributed by atoms with Gasteiger partial charge in [-0.3, -0.25) is 4.18 Å². The summed E-state index contributed by atoms with van der Waals surface area (Å²) >= 11 is 1.32. The number of thiophene rings is 1. The van der Waals surface area contributed by atoms with Crippen molar-refractivity contribution in [2.45, 2.75) is 23.9 Å². The van der Waals surface area contributed by atoms with Gasteiger partial charge in [-0.1, -0.05) is 25.7 Å². The molecule has 6 heteroatoms. The molecule has 1 aromatic heterocycles. The highest BCUT2D eigenvalue weighted by Crippen LogP contribution is 2.19. The van der Waals surface area contributed by atoms with Crippen LogP contribution in [0.15, 0.2) is 16.3 Å². The second-order valence-electron chi connectivity index (χ2n) is 3.99. The maximum Gasteiger partial charge on any atom is 0.306 e. The third-order valence-corrected chi connectivity index (χ3v) is 8.20. The maximum absolute atomic E-state index is 11.3. The lowest BCUT2D eigenvalue weighted by Gasteiger charge is -2.12. The molecule has 0 unspecified atom stereocenters. The van der Waals surface area contributed by atoms with E-state index in [-0.39, 0.29) is 0 Å². The Hall–Kier alpha value is -0.173. The van der Waals surface area contributed by atoms with E-state index in [1.54, 1.807) is 6.07 Å². The van der Waals surface area contributed by atoms with Gasteiger partial charge in [0.15, 0.2) is 0 Å². The lowest BCUT2D eigenvalue weighted by atomic mass is 10.7. The summed E-state index contributed by atoms with van der Waals surface area (Å²) in [5.41, 5.74) is 0. The first-order chi connectivity index (χ1) is 6.27. The smallest absolute Gasteiger partial charge is 0.269 e. The average Bonchev–Trinajstić information content (AvgIpc) is 2.51. The van der Waals surface area contributed by atoms with E-state index in [2.05, 4.69) is 23.8 Å². The third kappa shape index (κ3) is 2.44. The van der Waals surface area contributed by atoms with Crippen molar-refractivity contribution in [3.63, 3.8) is 0 Å². The summed E-state index contributed by atoms with van der Waals surface area (Å²) in [7, 11) is -3.72. The van der Waals surface area contributed by atoms with Gasteiger partial charge in [-0.05, 0) is 10.6 Å². The Balaban J connectivity index is 3.13. The molecule has 0 saturated carbocycles. The van der Waals surface area contributed by atoms with Crippen LogP contribution in [0.5, 0.6) is 0 Å². The van der Waals surface area contributed by atoms with Gasteiger partial charge < -0.3 is 0 Å². The summed E-state index contributed by atoms with van der Waals surface area (Å²) in [4.78, 5) is 0. The second kappa shape index (κ2) is 3.77. The van der Waals surface area contributed by atoms with Crippen molar-refractivity contribution in [2.24, 2.45) is 0 Å². The summed E-state index contributed by atoms with van der Waals surface area (Å²) in [5.74, 6) is 0. The van der Waals surface area contributed by atoms with Crippen molar-refractivity contribution >= 4 is 34.0 Å². The van der Waals surface area contributed by atoms with Crippen LogP contribution < -0.4 is 4.50 Å². The largest absolute Gasteiger partial charge is 0.306 e. The molecular formula is C8H14O3S2Si. The fraction of sp³-hybridized carbons (Fsp3) is 0.500. The number of hydrogen-bond acceptors (Lipinski definition) is 4. The van der Waals surface area contributed by atoms with Gasteiger partial charge in [-0.15, -0.1) is 11.3 Å². The molecule has 0 aromatic carbocycles. The van der Waals surface area contributed by atoms with Crippen molar-refractivity contribution in [2.75, 3.05) is 7.11 Å². The van der Waals surface area contributed by atoms with Gasteiger partial charge in [0.05, 0.1) is 15.2 Å². The molecule has 1 heterocycles. The van der Waals surface area contributed by atoms with Crippen LogP contribution in [0.4, 0.5) is 0 Å². The molecule has 80 valence electrons. The van der Waals surface area contributed by atoms with Crippen LogP contribution in [0.2, 0.25) is 19.6 Å². The zero-order chi connectivity index (χ0) is 11.0. The molecule has 0 atom stereocenters. The van der Waals surface area contributed by atoms with Gasteiger partial charge in [0.2, 0.25) is 0 Å². The summed E-state index contributed by atoms with van der Waals surface area (Å²) < 4.78 is 28.6. The highest BCUT2D eigenvalue weighted by Gasteiger charge is 2.22. The summed E-state index contributed by atoms with van der Waals surface area (Å²) in [5, 5.41) is 0. The van der Waals surface area contributed by atoms with Gasteiger partial charge >= 0.3 is 10.1 Å². The van der Waals surface area contributed by atoms with Gasteiger partial charge in [-0.25, -0.2) is 0 Å². The van der Waals surface area contributed by atoms with E-state index in [4.69, 9.17) is 0 Å². The van der Waals surface area contributed by atoms with Gasteiger partial charge in [-0.2, -0.15) is 8.42 Å². The Bertz CT molecular complexity index is 414. The zero-order valence-electron chi connectivity index (χ0n) is 8.70. The predicted octanol–water partition coefficient (Wildman–Crippen LogP) is 1.63. The van der Waals surface area contributed by atoms with Crippen LogP contribution in [-0.2, 0) is 14.3 Å². The Labute approximate surface area is 89.9 Å². The van der Waals surface area contributed by atoms with Crippen molar-refractivity contribution in [1.29, 1.82) is 0 Å². The highest BCUT2D eigenvalue weighted by atomic mass is 32.3. The van der Waals surface area contributed by atoms with E-state index >= 15 is 0 Å². The predicted molar refractivity (Wildman–Crippen MR) is 61.5 cm³/mol. The Morgan fingerprint density at radius 1 is 1.29 bits per heavy atom. The number of hydrogen-bond donors (Lipinski definition) is 0. The van der Waals surface area contributed by atoms with Crippen molar-refractivity contribution in [1.82, 2.24) is 0 Å². The summed E-state index contributed by atoms with van der Waals surface area (Å²) in [6.07, 6.45) is 0. The van der Waals surface area contributed by atoms with E-state index in [0.717, 1.165) is 0 Å². The van der Waals surface area contributed by atoms with E-state index in [0.29, 0.717) is 4.21 Å². The Kier molecular flexibility index (Phi) is 3.20. The number of rotatable bonds is 3. The minimum atomic E-state index is -3.50. The van der Waals surface area contributed by atoms with Crippen LogP contribution in [-0.4, -0.2) is 23.6 Å². The molecule has 0 aliphatic rings. The molecule has 0 aliphatic carbocycles. The molecule has 14 heavy (non-hydrogen) atoms. The van der Waals surface area contributed by atoms with Crippen LogP contribution >= 0.6 is 11.3 Å². The molecule has 0 bridgehead atoms. The van der Waals surface area contributed by atoms with Gasteiger partial charge in [0, 0.05) is 0 Å². The molecule has 0 N–H and O–H groups in total. The SMILES string of the molecule is COS(=O)(=O)c1ccc([Si](C)(C)C)s1. The monoisotopic (exact) mass is 250 g/mol. The normalized spacial score (nSPS) is 13.1. The van der Waals surface area contributed by atoms with Crippen molar-refractivity contribution in [3.05, 3.63) is 12.1 Å². The first kappa shape index (κ1) is 11.9. The molecule has 0 amide bonds. The zero-order valence-corrected chi connectivity index (χ0v) is 11.3. The molecule has 1 aromatic rings. The fourth-order valence-electron chi connectivity index (χ4n) is 0.940. The van der Waals surface area contributed by atoms with Gasteiger partial charge in [0.1, 0.15) is 4.21 Å². The van der Waals surface area contributed by atoms with E-state index < -0.39 is 18.2 Å². The third-order valence-electron chi connectivity index (χ3n) is 1.79. The van der Waals surface area contributed by atoms with Crippen LogP contribution in [0.25, 0.3) is 0 Å². The minimum absolute atomic E-state index is 0.303. The van der Waals surface area contributed by atoms with Crippen molar-refractivity contribution in [3.8, 4) is 0 Å². The molecule has 0 saturated heterocycles. The Morgan fingerprint density at radius 2 is 1.86 bits per heavy atom. The van der Waals surface area contributed by atoms with Crippen LogP contribution in [0.1, 0.15) is 0 Å². The molecule has 0 aliphatic heterocycles. The Morgan fingerprint density at radius 3 is 2.21 bits per heavy atom. The molecular weight excluding hydrogens is 236 g/mol. The summed E-state index contributed by atoms with van der Waals surface area (Å²) in [6.45, 7) is 6.55. The second-order valence-corrected chi connectivity index (χ2v) is 12.4. The van der Waals surface area contributed by atoms with E-state index in [1.807, 2.05) is 6.07 Å².